The van der Waals surface area contributed by atoms with Crippen LogP contribution >= 0.6 is 11.3 Å². The Bertz CT molecular complexity index is 999. The van der Waals surface area contributed by atoms with E-state index in [-0.39, 0.29) is 5.91 Å². The summed E-state index contributed by atoms with van der Waals surface area (Å²) in [6.45, 7) is 12.0. The van der Waals surface area contributed by atoms with Crippen LogP contribution in [0, 0.1) is 22.7 Å². The molecule has 6 heteroatoms. The van der Waals surface area contributed by atoms with Gasteiger partial charge in [0.05, 0.1) is 12.1 Å². The van der Waals surface area contributed by atoms with Gasteiger partial charge in [0.25, 0.3) is 0 Å². The van der Waals surface area contributed by atoms with Gasteiger partial charge in [-0.15, -0.1) is 11.3 Å². The highest BCUT2D eigenvalue weighted by Crippen LogP contribution is 2.45. The van der Waals surface area contributed by atoms with Crippen LogP contribution in [0.15, 0.2) is 30.3 Å². The van der Waals surface area contributed by atoms with Gasteiger partial charge in [-0.25, -0.2) is 0 Å². The maximum absolute atomic E-state index is 12.8. The van der Waals surface area contributed by atoms with Gasteiger partial charge in [-0.2, -0.15) is 5.26 Å². The Balaban J connectivity index is 1.32. The van der Waals surface area contributed by atoms with Crippen molar-refractivity contribution in [2.24, 2.45) is 11.3 Å². The Labute approximate surface area is 202 Å². The van der Waals surface area contributed by atoms with Gasteiger partial charge in [0.2, 0.25) is 5.91 Å². The third-order valence-corrected chi connectivity index (χ3v) is 8.90. The highest BCUT2D eigenvalue weighted by atomic mass is 32.1. The number of nitrogens with one attached hydrogen (secondary N) is 1. The molecule has 176 valence electrons. The molecule has 1 aromatic heterocycles. The van der Waals surface area contributed by atoms with Crippen molar-refractivity contribution in [2.45, 2.75) is 53.0 Å². The fourth-order valence-electron chi connectivity index (χ4n) is 5.06. The largest absolute Gasteiger partial charge is 0.315 e. The molecule has 0 spiro atoms. The summed E-state index contributed by atoms with van der Waals surface area (Å²) < 4.78 is 0. The van der Waals surface area contributed by atoms with Crippen molar-refractivity contribution in [3.63, 3.8) is 0 Å². The quantitative estimate of drug-likeness (QED) is 0.632. The number of carbonyl (C=O) groups excluding carboxylic acids is 1. The first-order valence-corrected chi connectivity index (χ1v) is 13.0. The normalized spacial score (nSPS) is 19.6. The predicted octanol–water partition coefficient (Wildman–Crippen LogP) is 4.92. The molecule has 1 saturated heterocycles. The molecule has 1 aromatic carbocycles. The van der Waals surface area contributed by atoms with Crippen LogP contribution in [0.3, 0.4) is 0 Å². The van der Waals surface area contributed by atoms with E-state index in [2.05, 4.69) is 66.2 Å². The lowest BCUT2D eigenvalue weighted by Gasteiger charge is -2.36. The van der Waals surface area contributed by atoms with E-state index in [1.165, 1.54) is 16.0 Å². The van der Waals surface area contributed by atoms with Crippen molar-refractivity contribution in [1.82, 2.24) is 9.80 Å². The number of piperazine rings is 1. The number of carbonyl (C=O) groups is 1. The number of nitrogens with zero attached hydrogens (tertiary/aromatic N) is 3. The van der Waals surface area contributed by atoms with Crippen molar-refractivity contribution < 1.29 is 4.79 Å². The van der Waals surface area contributed by atoms with Crippen molar-refractivity contribution in [3.05, 3.63) is 51.9 Å². The number of thiophene rings is 1. The summed E-state index contributed by atoms with van der Waals surface area (Å²) in [6, 6.07) is 12.9. The average molecular weight is 465 g/mol. The predicted molar refractivity (Wildman–Crippen MR) is 135 cm³/mol. The summed E-state index contributed by atoms with van der Waals surface area (Å²) in [5, 5.41) is 13.7. The van der Waals surface area contributed by atoms with Gasteiger partial charge in [0, 0.05) is 37.6 Å². The van der Waals surface area contributed by atoms with Gasteiger partial charge in [-0.3, -0.25) is 14.6 Å². The molecule has 1 fully saturated rings. The number of fused-ring (bicyclic) bond motifs is 1. The van der Waals surface area contributed by atoms with E-state index in [0.717, 1.165) is 63.4 Å². The molecule has 2 aliphatic rings. The van der Waals surface area contributed by atoms with Gasteiger partial charge < -0.3 is 5.32 Å². The Morgan fingerprint density at radius 2 is 1.88 bits per heavy atom. The van der Waals surface area contributed by atoms with E-state index < -0.39 is 0 Å². The fourth-order valence-corrected chi connectivity index (χ4v) is 6.36. The number of hydrogen-bond donors (Lipinski definition) is 1. The SMILES string of the molecule is CCC(C)(C)[C@@H]1CCc2c(sc(NC(=O)CN3CCN(Cc4ccccc4)CC3)c2C#N)C1. The average Bonchev–Trinajstić information content (AvgIpc) is 3.17. The Morgan fingerprint density at radius 1 is 1.18 bits per heavy atom. The van der Waals surface area contributed by atoms with E-state index in [0.29, 0.717) is 23.4 Å². The van der Waals surface area contributed by atoms with Crippen LogP contribution in [0.1, 0.15) is 55.2 Å². The van der Waals surface area contributed by atoms with Gasteiger partial charge >= 0.3 is 0 Å². The fraction of sp³-hybridized carbons (Fsp3) is 0.556. The highest BCUT2D eigenvalue weighted by Gasteiger charge is 2.34. The van der Waals surface area contributed by atoms with Crippen molar-refractivity contribution in [3.8, 4) is 6.07 Å². The van der Waals surface area contributed by atoms with E-state index in [1.807, 2.05) is 6.07 Å². The first-order chi connectivity index (χ1) is 15.9. The molecule has 33 heavy (non-hydrogen) atoms. The number of rotatable bonds is 7. The lowest BCUT2D eigenvalue weighted by Crippen LogP contribution is -2.48. The van der Waals surface area contributed by atoms with Crippen LogP contribution < -0.4 is 5.32 Å². The highest BCUT2D eigenvalue weighted by molar-refractivity contribution is 7.16. The van der Waals surface area contributed by atoms with Crippen LogP contribution in [0.5, 0.6) is 0 Å². The van der Waals surface area contributed by atoms with Gasteiger partial charge in [-0.1, -0.05) is 57.5 Å². The van der Waals surface area contributed by atoms with Gasteiger partial charge in [0.1, 0.15) is 11.1 Å². The number of amides is 1. The topological polar surface area (TPSA) is 59.4 Å². The third kappa shape index (κ3) is 5.66. The van der Waals surface area contributed by atoms with Crippen molar-refractivity contribution in [1.29, 1.82) is 5.26 Å². The minimum Gasteiger partial charge on any atom is -0.315 e. The number of benzene rings is 1. The number of nitriles is 1. The van der Waals surface area contributed by atoms with E-state index in [4.69, 9.17) is 0 Å². The minimum atomic E-state index is -0.00737. The maximum atomic E-state index is 12.8. The molecule has 0 saturated carbocycles. The summed E-state index contributed by atoms with van der Waals surface area (Å²) in [5.74, 6) is 0.628. The molecule has 1 N–H and O–H groups in total. The molecule has 2 aromatic rings. The number of anilines is 1. The summed E-state index contributed by atoms with van der Waals surface area (Å²) >= 11 is 1.63. The monoisotopic (exact) mass is 464 g/mol. The molecule has 1 amide bonds. The second-order valence-electron chi connectivity index (χ2n) is 10.2. The summed E-state index contributed by atoms with van der Waals surface area (Å²) in [6.07, 6.45) is 4.25. The summed E-state index contributed by atoms with van der Waals surface area (Å²) in [5.41, 5.74) is 3.51. The van der Waals surface area contributed by atoms with E-state index in [1.54, 1.807) is 11.3 Å². The second kappa shape index (κ2) is 10.4. The Hall–Kier alpha value is -2.20. The van der Waals surface area contributed by atoms with Crippen LogP contribution in [0.4, 0.5) is 5.00 Å². The van der Waals surface area contributed by atoms with E-state index in [9.17, 15) is 10.1 Å². The molecular formula is C27H36N4OS. The molecule has 1 aliphatic heterocycles. The number of hydrogen-bond acceptors (Lipinski definition) is 5. The van der Waals surface area contributed by atoms with Gasteiger partial charge in [-0.05, 0) is 41.7 Å². The molecule has 1 atom stereocenters. The Morgan fingerprint density at radius 3 is 2.55 bits per heavy atom. The van der Waals surface area contributed by atoms with Crippen LogP contribution in [-0.2, 0) is 24.2 Å². The molecule has 2 heterocycles. The van der Waals surface area contributed by atoms with Crippen LogP contribution in [0.25, 0.3) is 0 Å². The molecule has 1 aliphatic carbocycles. The molecule has 5 nitrogen and oxygen atoms in total. The lowest BCUT2D eigenvalue weighted by atomic mass is 9.69. The first-order valence-electron chi connectivity index (χ1n) is 12.2. The zero-order valence-electron chi connectivity index (χ0n) is 20.2. The third-order valence-electron chi connectivity index (χ3n) is 7.73. The lowest BCUT2D eigenvalue weighted by molar-refractivity contribution is -0.117. The molecule has 4 rings (SSSR count). The van der Waals surface area contributed by atoms with E-state index >= 15 is 0 Å². The minimum absolute atomic E-state index is 0.00737. The smallest absolute Gasteiger partial charge is 0.239 e. The zero-order chi connectivity index (χ0) is 23.4. The molecule has 0 bridgehead atoms. The maximum Gasteiger partial charge on any atom is 0.239 e. The Kier molecular flexibility index (Phi) is 7.53. The molecule has 0 radical (unpaired) electrons. The summed E-state index contributed by atoms with van der Waals surface area (Å²) in [4.78, 5) is 18.8. The van der Waals surface area contributed by atoms with Crippen LogP contribution in [-0.4, -0.2) is 48.4 Å². The van der Waals surface area contributed by atoms with Crippen LogP contribution in [0.2, 0.25) is 0 Å². The second-order valence-corrected chi connectivity index (χ2v) is 11.3. The molecular weight excluding hydrogens is 428 g/mol. The molecule has 0 unspecified atom stereocenters. The zero-order valence-corrected chi connectivity index (χ0v) is 21.0. The summed E-state index contributed by atoms with van der Waals surface area (Å²) in [7, 11) is 0. The van der Waals surface area contributed by atoms with Crippen molar-refractivity contribution in [2.75, 3.05) is 38.0 Å². The van der Waals surface area contributed by atoms with Crippen molar-refractivity contribution >= 4 is 22.2 Å². The first kappa shape index (κ1) is 23.9. The van der Waals surface area contributed by atoms with Gasteiger partial charge in [0.15, 0.2) is 0 Å². The standard InChI is InChI=1S/C27H36N4OS/c1-4-27(2,3)21-10-11-22-23(17-28)26(33-24(22)16-21)29-25(32)19-31-14-12-30(13-15-31)18-20-8-6-5-7-9-20/h5-9,21H,4,10-16,18-19H2,1-3H3,(H,29,32)/t21-/m1/s1.